The molecular formula is C14H16ClNOS. The van der Waals surface area contributed by atoms with E-state index in [0.717, 1.165) is 28.5 Å². The number of fused-ring (bicyclic) bond motifs is 1. The van der Waals surface area contributed by atoms with Crippen LogP contribution in [0.5, 0.6) is 0 Å². The van der Waals surface area contributed by atoms with E-state index in [2.05, 4.69) is 4.90 Å². The van der Waals surface area contributed by atoms with Crippen molar-refractivity contribution >= 4 is 40.3 Å². The zero-order chi connectivity index (χ0) is 13.1. The number of hydrogen-bond donors (Lipinski definition) is 0. The second-order valence-electron chi connectivity index (χ2n) is 4.46. The van der Waals surface area contributed by atoms with E-state index < -0.39 is 0 Å². The first-order valence-electron chi connectivity index (χ1n) is 6.22. The summed E-state index contributed by atoms with van der Waals surface area (Å²) >= 11 is 11.4. The maximum Gasteiger partial charge on any atom is 0.134 e. The predicted molar refractivity (Wildman–Crippen MR) is 79.6 cm³/mol. The number of carbonyl (C=O) groups excluding carboxylic acids is 1. The highest BCUT2D eigenvalue weighted by molar-refractivity contribution is 7.80. The molecule has 1 aromatic rings. The van der Waals surface area contributed by atoms with E-state index in [-0.39, 0.29) is 5.78 Å². The first kappa shape index (κ1) is 13.5. The van der Waals surface area contributed by atoms with Crippen LogP contribution in [0.1, 0.15) is 31.7 Å². The molecule has 0 N–H and O–H groups in total. The number of anilines is 1. The Morgan fingerprint density at radius 1 is 1.44 bits per heavy atom. The Labute approximate surface area is 118 Å². The first-order valence-corrected chi connectivity index (χ1v) is 7.01. The maximum absolute atomic E-state index is 11.4. The van der Waals surface area contributed by atoms with Gasteiger partial charge >= 0.3 is 0 Å². The summed E-state index contributed by atoms with van der Waals surface area (Å²) in [5.74, 6) is 0.277. The van der Waals surface area contributed by atoms with Crippen molar-refractivity contribution in [3.63, 3.8) is 0 Å². The third-order valence-electron chi connectivity index (χ3n) is 3.25. The highest BCUT2D eigenvalue weighted by Crippen LogP contribution is 2.30. The Morgan fingerprint density at radius 2 is 2.22 bits per heavy atom. The number of nitrogens with zero attached hydrogens (tertiary/aromatic N) is 1. The quantitative estimate of drug-likeness (QED) is 0.783. The zero-order valence-electron chi connectivity index (χ0n) is 10.4. The second-order valence-corrected chi connectivity index (χ2v) is 5.37. The fraction of sp³-hybridized carbons (Fsp3) is 0.429. The molecule has 0 amide bonds. The van der Waals surface area contributed by atoms with Crippen molar-refractivity contribution < 1.29 is 4.79 Å². The molecule has 4 heteroatoms. The minimum absolute atomic E-state index is 0.277. The van der Waals surface area contributed by atoms with Crippen LogP contribution in [0.25, 0.3) is 0 Å². The van der Waals surface area contributed by atoms with Gasteiger partial charge in [-0.25, -0.2) is 0 Å². The molecule has 0 bridgehead atoms. The Kier molecular flexibility index (Phi) is 4.36. The van der Waals surface area contributed by atoms with E-state index in [1.807, 2.05) is 25.1 Å². The molecule has 1 aromatic carbocycles. The molecule has 0 saturated heterocycles. The monoisotopic (exact) mass is 281 g/mol. The summed E-state index contributed by atoms with van der Waals surface area (Å²) in [6.07, 6.45) is 2.95. The third-order valence-corrected chi connectivity index (χ3v) is 3.91. The number of benzene rings is 1. The van der Waals surface area contributed by atoms with E-state index in [4.69, 9.17) is 23.8 Å². The number of carbonyl (C=O) groups is 1. The van der Waals surface area contributed by atoms with Crippen LogP contribution in [-0.4, -0.2) is 17.3 Å². The van der Waals surface area contributed by atoms with Gasteiger partial charge in [0.2, 0.25) is 0 Å². The van der Waals surface area contributed by atoms with Gasteiger partial charge in [-0.1, -0.05) is 30.7 Å². The van der Waals surface area contributed by atoms with E-state index in [1.165, 1.54) is 5.56 Å². The molecule has 18 heavy (non-hydrogen) atoms. The summed E-state index contributed by atoms with van der Waals surface area (Å²) in [6.45, 7) is 2.57. The molecule has 0 saturated carbocycles. The van der Waals surface area contributed by atoms with Crippen LogP contribution in [-0.2, 0) is 11.2 Å². The average molecular weight is 282 g/mol. The van der Waals surface area contributed by atoms with Gasteiger partial charge in [0.15, 0.2) is 0 Å². The minimum Gasteiger partial charge on any atom is -0.335 e. The van der Waals surface area contributed by atoms with Crippen molar-refractivity contribution in [2.75, 3.05) is 11.4 Å². The number of halogens is 1. The highest BCUT2D eigenvalue weighted by atomic mass is 35.5. The summed E-state index contributed by atoms with van der Waals surface area (Å²) in [7, 11) is 0. The number of aryl methyl sites for hydroxylation is 1. The number of hydrogen-bond acceptors (Lipinski definition) is 2. The van der Waals surface area contributed by atoms with Crippen molar-refractivity contribution in [2.24, 2.45) is 0 Å². The van der Waals surface area contributed by atoms with Gasteiger partial charge in [-0.3, -0.25) is 4.79 Å². The molecule has 0 aliphatic carbocycles. The smallest absolute Gasteiger partial charge is 0.134 e. The molecule has 0 aromatic heterocycles. The molecule has 0 radical (unpaired) electrons. The zero-order valence-corrected chi connectivity index (χ0v) is 12.0. The normalized spacial score (nSPS) is 14.6. The largest absolute Gasteiger partial charge is 0.335 e. The lowest BCUT2D eigenvalue weighted by Crippen LogP contribution is -2.35. The maximum atomic E-state index is 11.4. The molecule has 1 aliphatic heterocycles. The van der Waals surface area contributed by atoms with Crippen molar-refractivity contribution in [1.82, 2.24) is 0 Å². The van der Waals surface area contributed by atoms with E-state index in [9.17, 15) is 4.79 Å². The van der Waals surface area contributed by atoms with Crippen LogP contribution >= 0.6 is 23.8 Å². The standard InChI is InChI=1S/C14H16ClNOS/c1-2-12(17)7-8-16-13-5-4-11(15)9-10(13)3-6-14(16)18/h4-5,9H,2-3,6-8H2,1H3. The Hall–Kier alpha value is -0.930. The number of thiocarbonyl (C=S) groups is 1. The summed E-state index contributed by atoms with van der Waals surface area (Å²) < 4.78 is 0. The molecule has 0 fully saturated rings. The molecule has 2 nitrogen and oxygen atoms in total. The first-order chi connectivity index (χ1) is 8.61. The summed E-state index contributed by atoms with van der Waals surface area (Å²) in [6, 6.07) is 5.87. The van der Waals surface area contributed by atoms with E-state index >= 15 is 0 Å². The fourth-order valence-electron chi connectivity index (χ4n) is 2.19. The van der Waals surface area contributed by atoms with Gasteiger partial charge < -0.3 is 4.90 Å². The molecule has 0 unspecified atom stereocenters. The van der Waals surface area contributed by atoms with E-state index in [0.29, 0.717) is 19.4 Å². The highest BCUT2D eigenvalue weighted by Gasteiger charge is 2.21. The summed E-state index contributed by atoms with van der Waals surface area (Å²) in [5, 5.41) is 0.756. The Bertz CT molecular complexity index is 487. The fourth-order valence-corrected chi connectivity index (χ4v) is 2.67. The van der Waals surface area contributed by atoms with Crippen LogP contribution in [0, 0.1) is 0 Å². The van der Waals surface area contributed by atoms with Crippen molar-refractivity contribution in [1.29, 1.82) is 0 Å². The Morgan fingerprint density at radius 3 is 2.94 bits per heavy atom. The SMILES string of the molecule is CCC(=O)CCN1C(=S)CCc2cc(Cl)ccc21. The van der Waals surface area contributed by atoms with Crippen LogP contribution in [0.4, 0.5) is 5.69 Å². The lowest BCUT2D eigenvalue weighted by Gasteiger charge is -2.31. The average Bonchev–Trinajstić information content (AvgIpc) is 2.37. The van der Waals surface area contributed by atoms with Crippen LogP contribution in [0.2, 0.25) is 5.02 Å². The Balaban J connectivity index is 2.20. The van der Waals surface area contributed by atoms with Crippen molar-refractivity contribution in [2.45, 2.75) is 32.6 Å². The number of Topliss-reactive ketones (excluding diaryl/α,β-unsaturated/α-hetero) is 1. The minimum atomic E-state index is 0.277. The van der Waals surface area contributed by atoms with Crippen molar-refractivity contribution in [3.8, 4) is 0 Å². The van der Waals surface area contributed by atoms with Crippen LogP contribution in [0.15, 0.2) is 18.2 Å². The molecule has 96 valence electrons. The van der Waals surface area contributed by atoms with Gasteiger partial charge in [0.25, 0.3) is 0 Å². The summed E-state index contributed by atoms with van der Waals surface area (Å²) in [4.78, 5) is 14.4. The van der Waals surface area contributed by atoms with Crippen molar-refractivity contribution in [3.05, 3.63) is 28.8 Å². The third kappa shape index (κ3) is 2.90. The molecular weight excluding hydrogens is 266 g/mol. The van der Waals surface area contributed by atoms with Gasteiger partial charge in [-0.15, -0.1) is 0 Å². The number of rotatable bonds is 4. The molecule has 0 atom stereocenters. The van der Waals surface area contributed by atoms with Gasteiger partial charge in [-0.05, 0) is 30.2 Å². The molecule has 1 aliphatic rings. The van der Waals surface area contributed by atoms with Crippen LogP contribution < -0.4 is 4.90 Å². The topological polar surface area (TPSA) is 20.3 Å². The van der Waals surface area contributed by atoms with Gasteiger partial charge in [-0.2, -0.15) is 0 Å². The van der Waals surface area contributed by atoms with E-state index in [1.54, 1.807) is 0 Å². The van der Waals surface area contributed by atoms with Crippen LogP contribution in [0.3, 0.4) is 0 Å². The van der Waals surface area contributed by atoms with Gasteiger partial charge in [0.1, 0.15) is 5.78 Å². The number of ketones is 1. The molecule has 2 rings (SSSR count). The molecule has 0 spiro atoms. The lowest BCUT2D eigenvalue weighted by atomic mass is 10.0. The van der Waals surface area contributed by atoms with Gasteiger partial charge in [0.05, 0.1) is 4.99 Å². The lowest BCUT2D eigenvalue weighted by molar-refractivity contribution is -0.118. The predicted octanol–water partition coefficient (Wildman–Crippen LogP) is 3.79. The van der Waals surface area contributed by atoms with Gasteiger partial charge in [0, 0.05) is 36.5 Å². The second kappa shape index (κ2) is 5.81. The molecule has 1 heterocycles. The summed E-state index contributed by atoms with van der Waals surface area (Å²) in [5.41, 5.74) is 2.33.